The van der Waals surface area contributed by atoms with Crippen LogP contribution in [0.3, 0.4) is 0 Å². The fourth-order valence-corrected chi connectivity index (χ4v) is 2.62. The van der Waals surface area contributed by atoms with Crippen molar-refractivity contribution < 1.29 is 4.79 Å². The molecular weight excluding hydrogens is 272 g/mol. The van der Waals surface area contributed by atoms with E-state index < -0.39 is 0 Å². The number of carbonyl (C=O) groups excluding carboxylic acids is 1. The number of hydrogen-bond acceptors (Lipinski definition) is 4. The lowest BCUT2D eigenvalue weighted by Gasteiger charge is -2.12. The Morgan fingerprint density at radius 2 is 2.10 bits per heavy atom. The first kappa shape index (κ1) is 13.1. The average molecular weight is 288 g/mol. The molecule has 2 amide bonds. The lowest BCUT2D eigenvalue weighted by Crippen LogP contribution is -2.37. The van der Waals surface area contributed by atoms with Gasteiger partial charge < -0.3 is 5.32 Å². The van der Waals surface area contributed by atoms with Crippen LogP contribution in [-0.4, -0.2) is 21.4 Å². The van der Waals surface area contributed by atoms with Crippen LogP contribution in [0.5, 0.6) is 0 Å². The molecular formula is C14H16N4OS. The van der Waals surface area contributed by atoms with Crippen LogP contribution in [0.25, 0.3) is 11.4 Å². The van der Waals surface area contributed by atoms with Crippen molar-refractivity contribution in [3.8, 4) is 11.4 Å². The maximum Gasteiger partial charge on any atom is 0.321 e. The molecule has 0 spiro atoms. The van der Waals surface area contributed by atoms with E-state index in [0.717, 1.165) is 5.56 Å². The van der Waals surface area contributed by atoms with Crippen LogP contribution in [-0.2, 0) is 0 Å². The molecule has 1 atom stereocenters. The summed E-state index contributed by atoms with van der Waals surface area (Å²) in [5.41, 5.74) is 0.948. The number of aromatic nitrogens is 2. The van der Waals surface area contributed by atoms with Gasteiger partial charge >= 0.3 is 6.03 Å². The van der Waals surface area contributed by atoms with Gasteiger partial charge in [0, 0.05) is 23.1 Å². The Kier molecular flexibility index (Phi) is 3.64. The van der Waals surface area contributed by atoms with Crippen LogP contribution >= 0.6 is 11.5 Å². The van der Waals surface area contributed by atoms with Crippen molar-refractivity contribution in [3.63, 3.8) is 0 Å². The van der Waals surface area contributed by atoms with Crippen LogP contribution < -0.4 is 10.6 Å². The molecule has 1 aromatic heterocycles. The summed E-state index contributed by atoms with van der Waals surface area (Å²) in [5.74, 6) is 1.27. The highest BCUT2D eigenvalue weighted by molar-refractivity contribution is 7.10. The molecule has 0 radical (unpaired) electrons. The summed E-state index contributed by atoms with van der Waals surface area (Å²) in [6.45, 7) is 2.03. The first-order chi connectivity index (χ1) is 9.72. The molecule has 104 valence electrons. The predicted molar refractivity (Wildman–Crippen MR) is 79.7 cm³/mol. The van der Waals surface area contributed by atoms with Gasteiger partial charge in [-0.05, 0) is 25.7 Å². The highest BCUT2D eigenvalue weighted by Crippen LogP contribution is 2.32. The minimum absolute atomic E-state index is 0.208. The third-order valence-corrected chi connectivity index (χ3v) is 4.00. The second-order valence-electron chi connectivity index (χ2n) is 5.01. The largest absolute Gasteiger partial charge is 0.335 e. The Morgan fingerprint density at radius 1 is 1.35 bits per heavy atom. The summed E-state index contributed by atoms with van der Waals surface area (Å²) in [6, 6.07) is 9.72. The molecule has 6 heteroatoms. The fourth-order valence-electron chi connectivity index (χ4n) is 2.03. The number of nitrogens with zero attached hydrogens (tertiary/aromatic N) is 2. The van der Waals surface area contributed by atoms with Crippen molar-refractivity contribution in [2.24, 2.45) is 5.92 Å². The van der Waals surface area contributed by atoms with Crippen LogP contribution in [0.15, 0.2) is 30.3 Å². The molecule has 0 saturated heterocycles. The number of benzene rings is 1. The van der Waals surface area contributed by atoms with E-state index >= 15 is 0 Å². The molecule has 1 fully saturated rings. The molecule has 1 saturated carbocycles. The molecule has 5 nitrogen and oxygen atoms in total. The van der Waals surface area contributed by atoms with Gasteiger partial charge in [-0.25, -0.2) is 4.79 Å². The Labute approximate surface area is 121 Å². The third-order valence-electron chi connectivity index (χ3n) is 3.37. The van der Waals surface area contributed by atoms with Crippen molar-refractivity contribution in [1.82, 2.24) is 14.7 Å². The van der Waals surface area contributed by atoms with E-state index in [9.17, 15) is 4.79 Å². The molecule has 3 rings (SSSR count). The first-order valence-corrected chi connectivity index (χ1v) is 7.46. The maximum atomic E-state index is 11.8. The van der Waals surface area contributed by atoms with Crippen molar-refractivity contribution >= 4 is 22.7 Å². The Bertz CT molecular complexity index is 594. The summed E-state index contributed by atoms with van der Waals surface area (Å²) < 4.78 is 4.25. The molecule has 1 unspecified atom stereocenters. The normalized spacial score (nSPS) is 15.7. The number of rotatable bonds is 4. The van der Waals surface area contributed by atoms with E-state index in [1.54, 1.807) is 0 Å². The van der Waals surface area contributed by atoms with Gasteiger partial charge in [-0.2, -0.15) is 9.36 Å². The number of carbonyl (C=O) groups is 1. The molecule has 20 heavy (non-hydrogen) atoms. The summed E-state index contributed by atoms with van der Waals surface area (Å²) in [6.07, 6.45) is 2.41. The summed E-state index contributed by atoms with van der Waals surface area (Å²) >= 11 is 1.19. The summed E-state index contributed by atoms with van der Waals surface area (Å²) in [5, 5.41) is 6.19. The first-order valence-electron chi connectivity index (χ1n) is 6.69. The fraction of sp³-hybridized carbons (Fsp3) is 0.357. The summed E-state index contributed by atoms with van der Waals surface area (Å²) in [4.78, 5) is 16.1. The zero-order valence-corrected chi connectivity index (χ0v) is 12.0. The number of hydrogen-bond donors (Lipinski definition) is 2. The number of urea groups is 1. The predicted octanol–water partition coefficient (Wildman–Crippen LogP) is 3.13. The molecule has 1 aliphatic rings. The highest BCUT2D eigenvalue weighted by atomic mass is 32.1. The Hall–Kier alpha value is -1.95. The smallest absolute Gasteiger partial charge is 0.321 e. The number of anilines is 1. The quantitative estimate of drug-likeness (QED) is 0.908. The lowest BCUT2D eigenvalue weighted by molar-refractivity contribution is 0.248. The van der Waals surface area contributed by atoms with Gasteiger partial charge in [-0.15, -0.1) is 0 Å². The maximum absolute atomic E-state index is 11.8. The Morgan fingerprint density at radius 3 is 2.80 bits per heavy atom. The van der Waals surface area contributed by atoms with Crippen LogP contribution in [0.2, 0.25) is 0 Å². The van der Waals surface area contributed by atoms with Crippen LogP contribution in [0.4, 0.5) is 9.93 Å². The molecule has 2 aromatic rings. The van der Waals surface area contributed by atoms with E-state index in [0.29, 0.717) is 16.9 Å². The number of amides is 2. The van der Waals surface area contributed by atoms with Gasteiger partial charge in [-0.1, -0.05) is 30.3 Å². The van der Waals surface area contributed by atoms with Gasteiger partial charge in [0.1, 0.15) is 0 Å². The zero-order valence-electron chi connectivity index (χ0n) is 11.2. The van der Waals surface area contributed by atoms with E-state index in [1.807, 2.05) is 37.3 Å². The molecule has 1 heterocycles. The van der Waals surface area contributed by atoms with Gasteiger partial charge in [0.15, 0.2) is 5.82 Å². The van der Waals surface area contributed by atoms with Crippen molar-refractivity contribution in [1.29, 1.82) is 0 Å². The van der Waals surface area contributed by atoms with Crippen LogP contribution in [0, 0.1) is 5.92 Å². The third kappa shape index (κ3) is 3.14. The Balaban J connectivity index is 1.61. The summed E-state index contributed by atoms with van der Waals surface area (Å²) in [7, 11) is 0. The lowest BCUT2D eigenvalue weighted by atomic mass is 10.2. The second kappa shape index (κ2) is 5.58. The van der Waals surface area contributed by atoms with Gasteiger partial charge in [0.05, 0.1) is 0 Å². The zero-order chi connectivity index (χ0) is 13.9. The van der Waals surface area contributed by atoms with Crippen molar-refractivity contribution in [2.45, 2.75) is 25.8 Å². The molecule has 2 N–H and O–H groups in total. The monoisotopic (exact) mass is 288 g/mol. The van der Waals surface area contributed by atoms with E-state index in [4.69, 9.17) is 0 Å². The van der Waals surface area contributed by atoms with E-state index in [1.165, 1.54) is 24.4 Å². The standard InChI is InChI=1S/C14H16N4OS/c1-9(10-7-8-10)15-13(19)17-14-16-12(18-20-14)11-5-3-2-4-6-11/h2-6,9-10H,7-8H2,1H3,(H2,15,16,17,18,19). The molecule has 0 aliphatic heterocycles. The van der Waals surface area contributed by atoms with Crippen LogP contribution in [0.1, 0.15) is 19.8 Å². The molecule has 0 bridgehead atoms. The SMILES string of the molecule is CC(NC(=O)Nc1nc(-c2ccccc2)ns1)C1CC1. The average Bonchev–Trinajstić information content (AvgIpc) is 3.21. The molecule has 1 aromatic carbocycles. The van der Waals surface area contributed by atoms with Gasteiger partial charge in [-0.3, -0.25) is 5.32 Å². The van der Waals surface area contributed by atoms with E-state index in [-0.39, 0.29) is 12.1 Å². The highest BCUT2D eigenvalue weighted by Gasteiger charge is 2.29. The van der Waals surface area contributed by atoms with Crippen molar-refractivity contribution in [3.05, 3.63) is 30.3 Å². The van der Waals surface area contributed by atoms with Crippen molar-refractivity contribution in [2.75, 3.05) is 5.32 Å². The minimum Gasteiger partial charge on any atom is -0.335 e. The molecule has 1 aliphatic carbocycles. The second-order valence-corrected chi connectivity index (χ2v) is 5.77. The minimum atomic E-state index is -0.208. The van der Waals surface area contributed by atoms with E-state index in [2.05, 4.69) is 20.0 Å². The van der Waals surface area contributed by atoms with Gasteiger partial charge in [0.2, 0.25) is 5.13 Å². The van der Waals surface area contributed by atoms with Gasteiger partial charge in [0.25, 0.3) is 0 Å². The topological polar surface area (TPSA) is 66.9 Å². The number of nitrogens with one attached hydrogen (secondary N) is 2.